The monoisotopic (exact) mass is 519 g/mol. The molecule has 13 heteroatoms. The van der Waals surface area contributed by atoms with Crippen molar-refractivity contribution in [3.05, 3.63) is 35.3 Å². The Kier molecular flexibility index (Phi) is 6.71. The number of carbonyl (C=O) groups is 3. The number of ether oxygens (including phenoxy) is 1. The SMILES string of the molecule is N#CC1(COc2nc(C(=O)N3CCNC(=O)C3)cc(N3CCC(c4ccc(N)c(C(N)=O)n4)CC3)n2)CC1. The minimum Gasteiger partial charge on any atom is -0.462 e. The van der Waals surface area contributed by atoms with Crippen molar-refractivity contribution in [3.8, 4) is 12.1 Å². The standard InChI is InChI=1S/C25H29N9O4/c26-13-25(5-6-25)14-38-24-31-18(23(37)34-10-7-29-20(35)12-34)11-19(32-24)33-8-3-15(4-9-33)17-2-1-16(27)21(30-17)22(28)36/h1-2,11,15H,3-10,12,14,27H2,(H2,28,36)(H,29,35). The number of pyridine rings is 1. The van der Waals surface area contributed by atoms with Crippen LogP contribution < -0.4 is 26.4 Å². The topological polar surface area (TPSA) is 193 Å². The summed E-state index contributed by atoms with van der Waals surface area (Å²) in [6, 6.07) is 7.38. The van der Waals surface area contributed by atoms with Gasteiger partial charge in [0.2, 0.25) is 5.91 Å². The van der Waals surface area contributed by atoms with Crippen LogP contribution in [-0.4, -0.2) is 76.9 Å². The van der Waals surface area contributed by atoms with Crippen LogP contribution in [0.4, 0.5) is 11.5 Å². The minimum absolute atomic E-state index is 0.0299. The number of anilines is 2. The van der Waals surface area contributed by atoms with E-state index < -0.39 is 11.3 Å². The molecule has 0 radical (unpaired) electrons. The largest absolute Gasteiger partial charge is 0.462 e. The molecule has 5 N–H and O–H groups in total. The lowest BCUT2D eigenvalue weighted by Gasteiger charge is -2.33. The van der Waals surface area contributed by atoms with Gasteiger partial charge in [-0.15, -0.1) is 0 Å². The number of hydrogen-bond acceptors (Lipinski definition) is 10. The van der Waals surface area contributed by atoms with E-state index in [1.807, 2.05) is 11.0 Å². The van der Waals surface area contributed by atoms with Crippen LogP contribution in [0, 0.1) is 16.7 Å². The second-order valence-electron chi connectivity index (χ2n) is 9.95. The number of primary amides is 1. The summed E-state index contributed by atoms with van der Waals surface area (Å²) < 4.78 is 5.81. The van der Waals surface area contributed by atoms with Gasteiger partial charge in [0.25, 0.3) is 11.8 Å². The lowest BCUT2D eigenvalue weighted by Crippen LogP contribution is -2.50. The maximum Gasteiger partial charge on any atom is 0.319 e. The highest BCUT2D eigenvalue weighted by Crippen LogP contribution is 2.45. The number of piperidine rings is 1. The van der Waals surface area contributed by atoms with Gasteiger partial charge in [0.1, 0.15) is 18.1 Å². The van der Waals surface area contributed by atoms with E-state index in [0.717, 1.165) is 31.4 Å². The molecule has 4 heterocycles. The molecule has 1 saturated carbocycles. The van der Waals surface area contributed by atoms with E-state index in [4.69, 9.17) is 16.2 Å². The summed E-state index contributed by atoms with van der Waals surface area (Å²) in [4.78, 5) is 53.5. The Morgan fingerprint density at radius 1 is 1.18 bits per heavy atom. The first-order chi connectivity index (χ1) is 18.3. The molecule has 0 unspecified atom stereocenters. The number of nitrogens with zero attached hydrogens (tertiary/aromatic N) is 6. The molecule has 3 fully saturated rings. The number of nitrogens with one attached hydrogen (secondary N) is 1. The predicted octanol–water partition coefficient (Wildman–Crippen LogP) is 0.191. The van der Waals surface area contributed by atoms with Gasteiger partial charge in [-0.25, -0.2) is 4.98 Å². The van der Waals surface area contributed by atoms with Crippen LogP contribution in [0.3, 0.4) is 0 Å². The summed E-state index contributed by atoms with van der Waals surface area (Å²) >= 11 is 0. The fourth-order valence-electron chi connectivity index (χ4n) is 4.68. The first-order valence-electron chi connectivity index (χ1n) is 12.6. The van der Waals surface area contributed by atoms with Gasteiger partial charge in [-0.2, -0.15) is 15.2 Å². The average Bonchev–Trinajstić information content (AvgIpc) is 3.72. The zero-order valence-corrected chi connectivity index (χ0v) is 20.9. The second kappa shape index (κ2) is 10.1. The van der Waals surface area contributed by atoms with E-state index in [2.05, 4.69) is 26.3 Å². The molecule has 5 rings (SSSR count). The third kappa shape index (κ3) is 5.29. The number of rotatable bonds is 7. The van der Waals surface area contributed by atoms with Crippen molar-refractivity contribution in [1.29, 1.82) is 5.26 Å². The summed E-state index contributed by atoms with van der Waals surface area (Å²) in [5.74, 6) is -0.639. The van der Waals surface area contributed by atoms with E-state index in [1.54, 1.807) is 12.1 Å². The predicted molar refractivity (Wildman–Crippen MR) is 135 cm³/mol. The van der Waals surface area contributed by atoms with Crippen LogP contribution >= 0.6 is 0 Å². The molecule has 0 atom stereocenters. The number of nitriles is 1. The highest BCUT2D eigenvalue weighted by molar-refractivity contribution is 5.96. The quantitative estimate of drug-likeness (QED) is 0.454. The van der Waals surface area contributed by atoms with Gasteiger partial charge in [-0.1, -0.05) is 0 Å². The Morgan fingerprint density at radius 2 is 1.95 bits per heavy atom. The van der Waals surface area contributed by atoms with Crippen LogP contribution in [0.15, 0.2) is 18.2 Å². The Labute approximate surface area is 219 Å². The molecule has 0 bridgehead atoms. The molecule has 3 aliphatic rings. The number of hydrogen-bond donors (Lipinski definition) is 3. The Balaban J connectivity index is 1.35. The highest BCUT2D eigenvalue weighted by atomic mass is 16.5. The maximum absolute atomic E-state index is 13.2. The third-order valence-corrected chi connectivity index (χ3v) is 7.22. The lowest BCUT2D eigenvalue weighted by molar-refractivity contribution is -0.123. The van der Waals surface area contributed by atoms with Crippen LogP contribution in [0.5, 0.6) is 6.01 Å². The molecule has 0 spiro atoms. The van der Waals surface area contributed by atoms with Crippen LogP contribution in [0.2, 0.25) is 0 Å². The summed E-state index contributed by atoms with van der Waals surface area (Å²) in [6.07, 6.45) is 2.95. The molecule has 2 aromatic heterocycles. The zero-order chi connectivity index (χ0) is 26.9. The van der Waals surface area contributed by atoms with Crippen molar-refractivity contribution >= 4 is 29.2 Å². The van der Waals surface area contributed by atoms with Gasteiger partial charge in [0.15, 0.2) is 5.69 Å². The number of carbonyl (C=O) groups excluding carboxylic acids is 3. The third-order valence-electron chi connectivity index (χ3n) is 7.22. The Morgan fingerprint density at radius 3 is 2.61 bits per heavy atom. The van der Waals surface area contributed by atoms with Crippen LogP contribution in [-0.2, 0) is 4.79 Å². The molecule has 198 valence electrons. The van der Waals surface area contributed by atoms with Crippen molar-refractivity contribution in [2.45, 2.75) is 31.6 Å². The van der Waals surface area contributed by atoms with E-state index in [1.165, 1.54) is 4.90 Å². The van der Waals surface area contributed by atoms with Crippen molar-refractivity contribution in [2.75, 3.05) is 50.0 Å². The fraction of sp³-hybridized carbons (Fsp3) is 0.480. The summed E-state index contributed by atoms with van der Waals surface area (Å²) in [5.41, 5.74) is 11.9. The summed E-state index contributed by atoms with van der Waals surface area (Å²) in [7, 11) is 0. The molecule has 1 aliphatic carbocycles. The highest BCUT2D eigenvalue weighted by Gasteiger charge is 2.44. The normalized spacial score (nSPS) is 18.9. The fourth-order valence-corrected chi connectivity index (χ4v) is 4.68. The second-order valence-corrected chi connectivity index (χ2v) is 9.95. The Bertz CT molecular complexity index is 1310. The molecule has 38 heavy (non-hydrogen) atoms. The number of aromatic nitrogens is 3. The number of nitrogen functional groups attached to an aromatic ring is 1. The first kappa shape index (κ1) is 25.2. The minimum atomic E-state index is -0.664. The maximum atomic E-state index is 13.2. The van der Waals surface area contributed by atoms with E-state index >= 15 is 0 Å². The van der Waals surface area contributed by atoms with Crippen molar-refractivity contribution < 1.29 is 19.1 Å². The van der Waals surface area contributed by atoms with Crippen LogP contribution in [0.1, 0.15) is 58.3 Å². The van der Waals surface area contributed by atoms with E-state index in [9.17, 15) is 19.6 Å². The number of nitrogens with two attached hydrogens (primary N) is 2. The van der Waals surface area contributed by atoms with Gasteiger partial charge >= 0.3 is 6.01 Å². The summed E-state index contributed by atoms with van der Waals surface area (Å²) in [6.45, 7) is 2.09. The molecule has 2 saturated heterocycles. The molecular weight excluding hydrogens is 490 g/mol. The average molecular weight is 520 g/mol. The first-order valence-corrected chi connectivity index (χ1v) is 12.6. The van der Waals surface area contributed by atoms with Gasteiger partial charge in [-0.3, -0.25) is 14.4 Å². The molecule has 2 aromatic rings. The van der Waals surface area contributed by atoms with E-state index in [-0.39, 0.29) is 54.0 Å². The Hall–Kier alpha value is -4.47. The summed E-state index contributed by atoms with van der Waals surface area (Å²) in [5, 5.41) is 12.1. The number of piperazine rings is 1. The van der Waals surface area contributed by atoms with Crippen molar-refractivity contribution in [2.24, 2.45) is 11.1 Å². The van der Waals surface area contributed by atoms with Gasteiger partial charge in [-0.05, 0) is 37.8 Å². The lowest BCUT2D eigenvalue weighted by atomic mass is 9.92. The van der Waals surface area contributed by atoms with Gasteiger partial charge < -0.3 is 31.3 Å². The molecule has 13 nitrogen and oxygen atoms in total. The molecule has 3 amide bonds. The van der Waals surface area contributed by atoms with Gasteiger partial charge in [0.05, 0.1) is 23.7 Å². The molecular formula is C25H29N9O4. The van der Waals surface area contributed by atoms with Gasteiger partial charge in [0, 0.05) is 43.9 Å². The molecule has 0 aromatic carbocycles. The van der Waals surface area contributed by atoms with Crippen molar-refractivity contribution in [1.82, 2.24) is 25.2 Å². The zero-order valence-electron chi connectivity index (χ0n) is 20.9. The van der Waals surface area contributed by atoms with Crippen LogP contribution in [0.25, 0.3) is 0 Å². The number of amides is 3. The molecule has 2 aliphatic heterocycles. The van der Waals surface area contributed by atoms with Crippen molar-refractivity contribution in [3.63, 3.8) is 0 Å². The smallest absolute Gasteiger partial charge is 0.319 e. The van der Waals surface area contributed by atoms with E-state index in [0.29, 0.717) is 32.0 Å².